The summed E-state index contributed by atoms with van der Waals surface area (Å²) in [6.07, 6.45) is 5.08. The van der Waals surface area contributed by atoms with E-state index in [4.69, 9.17) is 0 Å². The molecule has 0 aromatic carbocycles. The Balaban J connectivity index is 2.68. The van der Waals surface area contributed by atoms with Crippen molar-refractivity contribution in [1.29, 1.82) is 0 Å². The Bertz CT molecular complexity index is 278. The molecule has 2 N–H and O–H groups in total. The number of amides is 1. The molecular weight excluding hydrogens is 218 g/mol. The molecule has 4 nitrogen and oxygen atoms in total. The average Bonchev–Trinajstić information content (AvgIpc) is 2.69. The lowest BCUT2D eigenvalue weighted by atomic mass is 9.80. The second-order valence-electron chi connectivity index (χ2n) is 4.89. The van der Waals surface area contributed by atoms with E-state index in [1.165, 1.54) is 0 Å². The van der Waals surface area contributed by atoms with E-state index in [1.54, 1.807) is 0 Å². The number of aliphatic carboxylic acids is 1. The maximum Gasteiger partial charge on any atom is 0.308 e. The summed E-state index contributed by atoms with van der Waals surface area (Å²) < 4.78 is 0. The van der Waals surface area contributed by atoms with E-state index < -0.39 is 11.9 Å². The number of nitrogens with one attached hydrogen (secondary N) is 1. The minimum atomic E-state index is -0.764. The van der Waals surface area contributed by atoms with Crippen molar-refractivity contribution < 1.29 is 14.7 Å². The highest BCUT2D eigenvalue weighted by Gasteiger charge is 2.37. The topological polar surface area (TPSA) is 66.4 Å². The predicted octanol–water partition coefficient (Wildman–Crippen LogP) is 2.18. The van der Waals surface area contributed by atoms with Gasteiger partial charge in [0.05, 0.1) is 5.92 Å². The number of carboxylic acid groups (broad SMARTS) is 1. The van der Waals surface area contributed by atoms with Gasteiger partial charge in [0.2, 0.25) is 5.91 Å². The maximum absolute atomic E-state index is 11.4. The molecule has 98 valence electrons. The lowest BCUT2D eigenvalue weighted by Crippen LogP contribution is -2.41. The zero-order valence-corrected chi connectivity index (χ0v) is 10.7. The molecule has 1 saturated heterocycles. The molecule has 0 bridgehead atoms. The predicted molar refractivity (Wildman–Crippen MR) is 65.6 cm³/mol. The van der Waals surface area contributed by atoms with Crippen LogP contribution in [0.25, 0.3) is 0 Å². The van der Waals surface area contributed by atoms with Crippen LogP contribution >= 0.6 is 0 Å². The molecular formula is C13H23NO3. The maximum atomic E-state index is 11.4. The van der Waals surface area contributed by atoms with Gasteiger partial charge in [0, 0.05) is 12.5 Å². The Morgan fingerprint density at radius 1 is 1.53 bits per heavy atom. The molecule has 0 aliphatic carbocycles. The molecule has 4 heteroatoms. The minimum absolute atomic E-state index is 0.00778. The highest BCUT2D eigenvalue weighted by Crippen LogP contribution is 2.29. The van der Waals surface area contributed by atoms with Crippen molar-refractivity contribution in [2.24, 2.45) is 11.8 Å². The van der Waals surface area contributed by atoms with Gasteiger partial charge in [-0.3, -0.25) is 9.59 Å². The molecule has 3 unspecified atom stereocenters. The molecule has 3 atom stereocenters. The molecule has 0 saturated carbocycles. The Morgan fingerprint density at radius 3 is 2.65 bits per heavy atom. The summed E-state index contributed by atoms with van der Waals surface area (Å²) in [5, 5.41) is 12.2. The van der Waals surface area contributed by atoms with Gasteiger partial charge < -0.3 is 10.4 Å². The van der Waals surface area contributed by atoms with Gasteiger partial charge in [0.25, 0.3) is 0 Å². The van der Waals surface area contributed by atoms with Crippen LogP contribution in [0.4, 0.5) is 0 Å². The van der Waals surface area contributed by atoms with Crippen LogP contribution in [-0.2, 0) is 9.59 Å². The smallest absolute Gasteiger partial charge is 0.308 e. The number of carbonyl (C=O) groups excluding carboxylic acids is 1. The number of carboxylic acids is 1. The molecule has 1 heterocycles. The van der Waals surface area contributed by atoms with E-state index >= 15 is 0 Å². The molecule has 1 rings (SSSR count). The van der Waals surface area contributed by atoms with Gasteiger partial charge in [-0.15, -0.1) is 0 Å². The number of carbonyl (C=O) groups is 2. The van der Waals surface area contributed by atoms with Crippen LogP contribution in [-0.4, -0.2) is 23.0 Å². The van der Waals surface area contributed by atoms with E-state index in [2.05, 4.69) is 12.2 Å². The summed E-state index contributed by atoms with van der Waals surface area (Å²) >= 11 is 0. The largest absolute Gasteiger partial charge is 0.481 e. The van der Waals surface area contributed by atoms with Gasteiger partial charge in [-0.25, -0.2) is 0 Å². The van der Waals surface area contributed by atoms with Crippen LogP contribution in [0, 0.1) is 11.8 Å². The van der Waals surface area contributed by atoms with Gasteiger partial charge in [-0.05, 0) is 18.8 Å². The quantitative estimate of drug-likeness (QED) is 0.718. The second kappa shape index (κ2) is 6.62. The Morgan fingerprint density at radius 2 is 2.24 bits per heavy atom. The van der Waals surface area contributed by atoms with Crippen LogP contribution in [0.2, 0.25) is 0 Å². The molecule has 0 radical (unpaired) electrons. The minimum Gasteiger partial charge on any atom is -0.481 e. The third-order valence-electron chi connectivity index (χ3n) is 3.71. The fourth-order valence-corrected chi connectivity index (χ4v) is 2.71. The number of unbranched alkanes of at least 4 members (excludes halogenated alkanes) is 1. The fourth-order valence-electron chi connectivity index (χ4n) is 2.71. The van der Waals surface area contributed by atoms with E-state index in [9.17, 15) is 14.7 Å². The number of hydrogen-bond donors (Lipinski definition) is 2. The third kappa shape index (κ3) is 3.72. The SMILES string of the molecule is CCCCC(CC)C(C(=O)O)C1CCC(=O)N1. The first-order valence-corrected chi connectivity index (χ1v) is 6.62. The van der Waals surface area contributed by atoms with Crippen molar-refractivity contribution in [3.8, 4) is 0 Å². The highest BCUT2D eigenvalue weighted by atomic mass is 16.4. The molecule has 17 heavy (non-hydrogen) atoms. The van der Waals surface area contributed by atoms with Crippen molar-refractivity contribution in [1.82, 2.24) is 5.32 Å². The summed E-state index contributed by atoms with van der Waals surface area (Å²) in [5.41, 5.74) is 0. The van der Waals surface area contributed by atoms with E-state index in [-0.39, 0.29) is 17.9 Å². The average molecular weight is 241 g/mol. The van der Waals surface area contributed by atoms with Crippen LogP contribution in [0.1, 0.15) is 52.4 Å². The number of rotatable bonds is 7. The van der Waals surface area contributed by atoms with Crippen molar-refractivity contribution in [2.75, 3.05) is 0 Å². The Kier molecular flexibility index (Phi) is 5.45. The summed E-state index contributed by atoms with van der Waals surface area (Å²) in [6.45, 7) is 4.15. The van der Waals surface area contributed by atoms with Gasteiger partial charge in [-0.1, -0.05) is 33.1 Å². The number of hydrogen-bond acceptors (Lipinski definition) is 2. The molecule has 1 amide bonds. The molecule has 0 aromatic rings. The monoisotopic (exact) mass is 241 g/mol. The summed E-state index contributed by atoms with van der Waals surface area (Å²) in [4.78, 5) is 22.6. The lowest BCUT2D eigenvalue weighted by Gasteiger charge is -2.27. The van der Waals surface area contributed by atoms with Crippen molar-refractivity contribution in [2.45, 2.75) is 58.4 Å². The summed E-state index contributed by atoms with van der Waals surface area (Å²) in [6, 6.07) is -0.165. The van der Waals surface area contributed by atoms with Crippen LogP contribution in [0.5, 0.6) is 0 Å². The first-order chi connectivity index (χ1) is 8.10. The van der Waals surface area contributed by atoms with Crippen LogP contribution in [0.3, 0.4) is 0 Å². The standard InChI is InChI=1S/C13H23NO3/c1-3-5-6-9(4-2)12(13(16)17)10-7-8-11(15)14-10/h9-10,12H,3-8H2,1-2H3,(H,14,15)(H,16,17). The van der Waals surface area contributed by atoms with Gasteiger partial charge in [0.15, 0.2) is 0 Å². The van der Waals surface area contributed by atoms with Crippen LogP contribution in [0.15, 0.2) is 0 Å². The van der Waals surface area contributed by atoms with Crippen LogP contribution < -0.4 is 5.32 Å². The second-order valence-corrected chi connectivity index (χ2v) is 4.89. The van der Waals surface area contributed by atoms with Gasteiger partial charge >= 0.3 is 5.97 Å². The zero-order valence-electron chi connectivity index (χ0n) is 10.7. The highest BCUT2D eigenvalue weighted by molar-refractivity contribution is 5.80. The Hall–Kier alpha value is -1.06. The van der Waals surface area contributed by atoms with Gasteiger partial charge in [0.1, 0.15) is 0 Å². The van der Waals surface area contributed by atoms with E-state index in [0.717, 1.165) is 25.7 Å². The van der Waals surface area contributed by atoms with E-state index in [1.807, 2.05) is 6.92 Å². The molecule has 1 aliphatic heterocycles. The fraction of sp³-hybridized carbons (Fsp3) is 0.846. The molecule has 0 spiro atoms. The molecule has 1 fully saturated rings. The van der Waals surface area contributed by atoms with Crippen molar-refractivity contribution >= 4 is 11.9 Å². The van der Waals surface area contributed by atoms with Gasteiger partial charge in [-0.2, -0.15) is 0 Å². The van der Waals surface area contributed by atoms with E-state index in [0.29, 0.717) is 12.8 Å². The summed E-state index contributed by atoms with van der Waals surface area (Å²) in [7, 11) is 0. The first-order valence-electron chi connectivity index (χ1n) is 6.62. The summed E-state index contributed by atoms with van der Waals surface area (Å²) in [5.74, 6) is -1.01. The Labute approximate surface area is 103 Å². The molecule has 0 aromatic heterocycles. The first kappa shape index (κ1) is 14.0. The third-order valence-corrected chi connectivity index (χ3v) is 3.71. The van der Waals surface area contributed by atoms with Crippen molar-refractivity contribution in [3.05, 3.63) is 0 Å². The van der Waals surface area contributed by atoms with Crippen molar-refractivity contribution in [3.63, 3.8) is 0 Å². The normalized spacial score (nSPS) is 23.2. The lowest BCUT2D eigenvalue weighted by molar-refractivity contribution is -0.145. The molecule has 1 aliphatic rings. The zero-order chi connectivity index (χ0) is 12.8.